The third-order valence-electron chi connectivity index (χ3n) is 13.0. The van der Waals surface area contributed by atoms with Crippen LogP contribution in [0.2, 0.25) is 0 Å². The van der Waals surface area contributed by atoms with E-state index in [1.54, 1.807) is 0 Å². The second-order valence-corrected chi connectivity index (χ2v) is 16.9. The summed E-state index contributed by atoms with van der Waals surface area (Å²) in [5.41, 5.74) is 18.8. The first-order valence-corrected chi connectivity index (χ1v) is 22.7. The molecule has 0 fully saturated rings. The first-order valence-electron chi connectivity index (χ1n) is 22.7. The number of nitrogens with zero attached hydrogens (tertiary/aromatic N) is 2. The summed E-state index contributed by atoms with van der Waals surface area (Å²) in [5.74, 6) is 0. The minimum atomic E-state index is 1.08. The fraction of sp³-hybridized carbons (Fsp3) is 0. The summed E-state index contributed by atoms with van der Waals surface area (Å²) < 4.78 is 2.39. The highest BCUT2D eigenvalue weighted by Crippen LogP contribution is 2.42. The van der Waals surface area contributed by atoms with Crippen molar-refractivity contribution in [2.24, 2.45) is 0 Å². The highest BCUT2D eigenvalue weighted by molar-refractivity contribution is 6.09. The molecular formula is C64H44N2. The fourth-order valence-corrected chi connectivity index (χ4v) is 9.82. The number of hydrogen-bond acceptors (Lipinski definition) is 1. The van der Waals surface area contributed by atoms with Crippen LogP contribution >= 0.6 is 0 Å². The predicted molar refractivity (Wildman–Crippen MR) is 280 cm³/mol. The van der Waals surface area contributed by atoms with Crippen LogP contribution in [0.25, 0.3) is 93.9 Å². The molecule has 0 N–H and O–H groups in total. The lowest BCUT2D eigenvalue weighted by Gasteiger charge is -2.27. The highest BCUT2D eigenvalue weighted by Gasteiger charge is 2.17. The zero-order valence-electron chi connectivity index (χ0n) is 36.3. The summed E-state index contributed by atoms with van der Waals surface area (Å²) in [6.45, 7) is 0. The zero-order valence-corrected chi connectivity index (χ0v) is 36.3. The monoisotopic (exact) mass is 840 g/mol. The molecule has 0 aliphatic carbocycles. The summed E-state index contributed by atoms with van der Waals surface area (Å²) >= 11 is 0. The molecule has 310 valence electrons. The third-order valence-corrected chi connectivity index (χ3v) is 13.0. The maximum absolute atomic E-state index is 2.39. The molecule has 0 bridgehead atoms. The van der Waals surface area contributed by atoms with E-state index < -0.39 is 0 Å². The Morgan fingerprint density at radius 3 is 1.27 bits per heavy atom. The van der Waals surface area contributed by atoms with Gasteiger partial charge in [0.05, 0.1) is 11.0 Å². The van der Waals surface area contributed by atoms with Gasteiger partial charge in [0.1, 0.15) is 0 Å². The van der Waals surface area contributed by atoms with E-state index in [0.29, 0.717) is 0 Å². The molecule has 12 aromatic rings. The second kappa shape index (κ2) is 16.8. The van der Waals surface area contributed by atoms with Gasteiger partial charge in [-0.15, -0.1) is 0 Å². The van der Waals surface area contributed by atoms with Crippen LogP contribution in [0, 0.1) is 0 Å². The Labute approximate surface area is 385 Å². The Morgan fingerprint density at radius 1 is 0.258 bits per heavy atom. The van der Waals surface area contributed by atoms with Crippen LogP contribution in [-0.2, 0) is 0 Å². The van der Waals surface area contributed by atoms with Gasteiger partial charge in [0, 0.05) is 33.5 Å². The van der Waals surface area contributed by atoms with Crippen molar-refractivity contribution in [3.8, 4) is 61.3 Å². The molecule has 0 atom stereocenters. The molecule has 2 heteroatoms. The molecule has 11 aromatic carbocycles. The van der Waals surface area contributed by atoms with E-state index in [0.717, 1.165) is 28.3 Å². The summed E-state index contributed by atoms with van der Waals surface area (Å²) in [7, 11) is 0. The fourth-order valence-electron chi connectivity index (χ4n) is 9.82. The van der Waals surface area contributed by atoms with E-state index in [1.807, 2.05) is 0 Å². The Hall–Kier alpha value is -8.72. The molecule has 0 aliphatic heterocycles. The van der Waals surface area contributed by atoms with Gasteiger partial charge in [-0.05, 0) is 127 Å². The topological polar surface area (TPSA) is 8.17 Å². The predicted octanol–water partition coefficient (Wildman–Crippen LogP) is 17.7. The van der Waals surface area contributed by atoms with Crippen LogP contribution in [0.1, 0.15) is 0 Å². The molecule has 66 heavy (non-hydrogen) atoms. The van der Waals surface area contributed by atoms with Crippen molar-refractivity contribution in [3.05, 3.63) is 267 Å². The average molecular weight is 841 g/mol. The van der Waals surface area contributed by atoms with E-state index in [9.17, 15) is 0 Å². The average Bonchev–Trinajstić information content (AvgIpc) is 3.74. The summed E-state index contributed by atoms with van der Waals surface area (Å²) in [4.78, 5) is 2.38. The van der Waals surface area contributed by atoms with Gasteiger partial charge >= 0.3 is 0 Å². The SMILES string of the molecule is c1ccc(-c2ccc(-c3ccc(N(c4ccc(-c5cccc(-n6c7ccccc7c7ccccc76)c5)cc4)c4cccc(-c5cccc6cccc(-c7ccccc7)c56)c4)cc3)cc2)cc1. The molecule has 0 unspecified atom stereocenters. The van der Waals surface area contributed by atoms with Crippen molar-refractivity contribution in [2.45, 2.75) is 0 Å². The molecule has 0 amide bonds. The number of aromatic nitrogens is 1. The van der Waals surface area contributed by atoms with Gasteiger partial charge in [0.15, 0.2) is 0 Å². The molecule has 0 saturated carbocycles. The molecule has 2 nitrogen and oxygen atoms in total. The lowest BCUT2D eigenvalue weighted by atomic mass is 9.91. The molecule has 0 saturated heterocycles. The summed E-state index contributed by atoms with van der Waals surface area (Å²) in [5, 5.41) is 5.00. The Morgan fingerprint density at radius 2 is 0.682 bits per heavy atom. The van der Waals surface area contributed by atoms with Crippen molar-refractivity contribution in [1.82, 2.24) is 4.57 Å². The summed E-state index contributed by atoms with van der Waals surface area (Å²) in [6.07, 6.45) is 0. The number of fused-ring (bicyclic) bond motifs is 4. The third kappa shape index (κ3) is 7.12. The molecule has 1 aromatic heterocycles. The van der Waals surface area contributed by atoms with E-state index in [4.69, 9.17) is 0 Å². The molecular weight excluding hydrogens is 797 g/mol. The second-order valence-electron chi connectivity index (χ2n) is 16.9. The van der Waals surface area contributed by atoms with Crippen LogP contribution in [0.15, 0.2) is 267 Å². The molecule has 1 heterocycles. The first kappa shape index (κ1) is 38.9. The van der Waals surface area contributed by atoms with Gasteiger partial charge in [-0.1, -0.05) is 206 Å². The largest absolute Gasteiger partial charge is 0.310 e. The van der Waals surface area contributed by atoms with Crippen molar-refractivity contribution < 1.29 is 0 Å². The van der Waals surface area contributed by atoms with Crippen LogP contribution in [0.5, 0.6) is 0 Å². The Balaban J connectivity index is 0.943. The molecule has 12 rings (SSSR count). The van der Waals surface area contributed by atoms with Gasteiger partial charge in [0.25, 0.3) is 0 Å². The number of para-hydroxylation sites is 2. The van der Waals surface area contributed by atoms with Crippen molar-refractivity contribution >= 4 is 49.6 Å². The standard InChI is InChI=1S/C64H44N2/c1-3-15-45(16-4-1)46-31-33-47(34-32-46)48-35-39-54(40-36-48)65(56-23-12-22-53(44-56)59-28-14-20-51-19-13-27-58(64(51)59)50-17-5-2-6-18-50)55-41-37-49(38-42-55)52-21-11-24-57(43-52)66-62-29-9-7-25-60(62)61-26-8-10-30-63(61)66/h1-44H. The maximum Gasteiger partial charge on any atom is 0.0541 e. The molecule has 0 spiro atoms. The Kier molecular flexibility index (Phi) is 9.89. The number of hydrogen-bond donors (Lipinski definition) is 0. The molecule has 0 radical (unpaired) electrons. The quantitative estimate of drug-likeness (QED) is 0.141. The smallest absolute Gasteiger partial charge is 0.0541 e. The normalized spacial score (nSPS) is 11.3. The zero-order chi connectivity index (χ0) is 43.8. The van der Waals surface area contributed by atoms with Gasteiger partial charge in [-0.2, -0.15) is 0 Å². The van der Waals surface area contributed by atoms with Crippen LogP contribution in [0.3, 0.4) is 0 Å². The van der Waals surface area contributed by atoms with Gasteiger partial charge in [-0.3, -0.25) is 0 Å². The Bertz CT molecular complexity index is 3600. The van der Waals surface area contributed by atoms with Gasteiger partial charge in [-0.25, -0.2) is 0 Å². The van der Waals surface area contributed by atoms with Gasteiger partial charge < -0.3 is 9.47 Å². The lowest BCUT2D eigenvalue weighted by Crippen LogP contribution is -2.10. The number of anilines is 3. The first-order chi connectivity index (χ1) is 32.7. The van der Waals surface area contributed by atoms with Crippen LogP contribution < -0.4 is 4.90 Å². The van der Waals surface area contributed by atoms with Crippen molar-refractivity contribution in [1.29, 1.82) is 0 Å². The van der Waals surface area contributed by atoms with E-state index in [2.05, 4.69) is 276 Å². The van der Waals surface area contributed by atoms with Gasteiger partial charge in [0.2, 0.25) is 0 Å². The molecule has 0 aliphatic rings. The number of benzene rings is 11. The van der Waals surface area contributed by atoms with E-state index >= 15 is 0 Å². The number of rotatable bonds is 9. The van der Waals surface area contributed by atoms with Crippen molar-refractivity contribution in [3.63, 3.8) is 0 Å². The van der Waals surface area contributed by atoms with E-state index in [-0.39, 0.29) is 0 Å². The van der Waals surface area contributed by atoms with Crippen LogP contribution in [-0.4, -0.2) is 4.57 Å². The minimum Gasteiger partial charge on any atom is -0.310 e. The maximum atomic E-state index is 2.39. The lowest BCUT2D eigenvalue weighted by molar-refractivity contribution is 1.18. The summed E-state index contributed by atoms with van der Waals surface area (Å²) in [6, 6.07) is 96.8. The van der Waals surface area contributed by atoms with Crippen molar-refractivity contribution in [2.75, 3.05) is 4.90 Å². The highest BCUT2D eigenvalue weighted by atomic mass is 15.1. The van der Waals surface area contributed by atoms with Crippen LogP contribution in [0.4, 0.5) is 17.1 Å². The minimum absolute atomic E-state index is 1.08. The van der Waals surface area contributed by atoms with E-state index in [1.165, 1.54) is 82.6 Å².